The second-order valence-electron chi connectivity index (χ2n) is 6.37. The molecule has 0 aliphatic heterocycles. The molecule has 0 fully saturated rings. The van der Waals surface area contributed by atoms with Gasteiger partial charge < -0.3 is 10.1 Å². The minimum Gasteiger partial charge on any atom is -0.452 e. The first-order valence-corrected chi connectivity index (χ1v) is 10.00. The van der Waals surface area contributed by atoms with Crippen LogP contribution in [0.25, 0.3) is 22.2 Å². The summed E-state index contributed by atoms with van der Waals surface area (Å²) in [5, 5.41) is 5.38. The zero-order valence-electron chi connectivity index (χ0n) is 15.5. The predicted molar refractivity (Wildman–Crippen MR) is 114 cm³/mol. The van der Waals surface area contributed by atoms with Gasteiger partial charge in [0.25, 0.3) is 5.91 Å². The smallest absolute Gasteiger partial charge is 0.339 e. The van der Waals surface area contributed by atoms with Crippen LogP contribution < -0.4 is 5.32 Å². The Kier molecular flexibility index (Phi) is 5.63. The molecule has 0 unspecified atom stereocenters. The van der Waals surface area contributed by atoms with Crippen molar-refractivity contribution in [2.75, 3.05) is 6.61 Å². The number of pyridine rings is 1. The number of carbonyl (C=O) groups is 2. The molecule has 1 amide bonds. The van der Waals surface area contributed by atoms with Crippen molar-refractivity contribution in [3.05, 3.63) is 88.6 Å². The predicted octanol–water partition coefficient (Wildman–Crippen LogP) is 4.44. The zero-order chi connectivity index (χ0) is 20.1. The number of aromatic nitrogens is 1. The number of rotatable bonds is 6. The highest BCUT2D eigenvalue weighted by Gasteiger charge is 2.16. The van der Waals surface area contributed by atoms with E-state index in [1.165, 1.54) is 0 Å². The Balaban J connectivity index is 1.52. The van der Waals surface area contributed by atoms with Crippen molar-refractivity contribution in [2.24, 2.45) is 0 Å². The maximum absolute atomic E-state index is 12.8. The third-order valence-electron chi connectivity index (χ3n) is 4.38. The number of hydrogen-bond acceptors (Lipinski definition) is 5. The maximum Gasteiger partial charge on any atom is 0.339 e. The van der Waals surface area contributed by atoms with Crippen LogP contribution in [-0.2, 0) is 16.1 Å². The van der Waals surface area contributed by atoms with Crippen molar-refractivity contribution < 1.29 is 14.3 Å². The number of hydrogen-bond donors (Lipinski definition) is 1. The molecule has 5 nitrogen and oxygen atoms in total. The first kappa shape index (κ1) is 18.8. The number of amides is 1. The number of para-hydroxylation sites is 1. The van der Waals surface area contributed by atoms with Gasteiger partial charge in [-0.3, -0.25) is 4.79 Å². The molecule has 0 saturated carbocycles. The van der Waals surface area contributed by atoms with E-state index in [9.17, 15) is 9.59 Å². The lowest BCUT2D eigenvalue weighted by Crippen LogP contribution is -2.28. The molecule has 0 atom stereocenters. The third-order valence-corrected chi connectivity index (χ3v) is 5.26. The van der Waals surface area contributed by atoms with Crippen molar-refractivity contribution in [2.45, 2.75) is 6.54 Å². The van der Waals surface area contributed by atoms with Crippen molar-refractivity contribution in [1.29, 1.82) is 0 Å². The maximum atomic E-state index is 12.8. The summed E-state index contributed by atoms with van der Waals surface area (Å²) in [7, 11) is 0. The Labute approximate surface area is 172 Å². The van der Waals surface area contributed by atoms with E-state index in [4.69, 9.17) is 4.74 Å². The zero-order valence-corrected chi connectivity index (χ0v) is 16.3. The Morgan fingerprint density at radius 1 is 0.966 bits per heavy atom. The molecule has 2 aromatic heterocycles. The van der Waals surface area contributed by atoms with E-state index < -0.39 is 5.97 Å². The molecule has 0 aliphatic carbocycles. The number of ether oxygens (including phenoxy) is 1. The highest BCUT2D eigenvalue weighted by molar-refractivity contribution is 7.09. The van der Waals surface area contributed by atoms with Crippen LogP contribution in [0.3, 0.4) is 0 Å². The van der Waals surface area contributed by atoms with Crippen molar-refractivity contribution in [3.63, 3.8) is 0 Å². The first-order chi connectivity index (χ1) is 14.2. The van der Waals surface area contributed by atoms with Gasteiger partial charge in [0.05, 0.1) is 23.3 Å². The molecule has 6 heteroatoms. The van der Waals surface area contributed by atoms with Crippen LogP contribution in [-0.4, -0.2) is 23.5 Å². The van der Waals surface area contributed by atoms with Gasteiger partial charge in [-0.2, -0.15) is 0 Å². The second kappa shape index (κ2) is 8.67. The van der Waals surface area contributed by atoms with Gasteiger partial charge in [-0.25, -0.2) is 9.78 Å². The van der Waals surface area contributed by atoms with E-state index in [-0.39, 0.29) is 12.5 Å². The number of nitrogens with zero attached hydrogens (tertiary/aromatic N) is 1. The van der Waals surface area contributed by atoms with E-state index in [1.807, 2.05) is 72.1 Å². The average Bonchev–Trinajstić information content (AvgIpc) is 3.29. The fourth-order valence-corrected chi connectivity index (χ4v) is 3.60. The fourth-order valence-electron chi connectivity index (χ4n) is 2.96. The van der Waals surface area contributed by atoms with Crippen LogP contribution in [0.1, 0.15) is 15.2 Å². The summed E-state index contributed by atoms with van der Waals surface area (Å²) in [6, 6.07) is 22.6. The summed E-state index contributed by atoms with van der Waals surface area (Å²) in [6.45, 7) is 0.0892. The third kappa shape index (κ3) is 4.50. The Hall–Kier alpha value is -3.51. The number of fused-ring (bicyclic) bond motifs is 1. The average molecular weight is 402 g/mol. The van der Waals surface area contributed by atoms with Gasteiger partial charge in [0, 0.05) is 15.8 Å². The molecule has 0 aliphatic rings. The first-order valence-electron chi connectivity index (χ1n) is 9.12. The number of benzene rings is 2. The number of thiophene rings is 1. The topological polar surface area (TPSA) is 68.3 Å². The molecular formula is C23H18N2O3S. The Morgan fingerprint density at radius 2 is 1.76 bits per heavy atom. The lowest BCUT2D eigenvalue weighted by atomic mass is 10.0. The Morgan fingerprint density at radius 3 is 2.55 bits per heavy atom. The van der Waals surface area contributed by atoms with Crippen molar-refractivity contribution in [1.82, 2.24) is 10.3 Å². The minimum atomic E-state index is -0.549. The molecule has 144 valence electrons. The highest BCUT2D eigenvalue weighted by atomic mass is 32.1. The van der Waals surface area contributed by atoms with Crippen molar-refractivity contribution in [3.8, 4) is 11.3 Å². The van der Waals surface area contributed by atoms with E-state index in [2.05, 4.69) is 10.3 Å². The van der Waals surface area contributed by atoms with Crippen LogP contribution in [0.15, 0.2) is 78.2 Å². The molecule has 0 spiro atoms. The Bertz CT molecular complexity index is 1140. The summed E-state index contributed by atoms with van der Waals surface area (Å²) >= 11 is 1.56. The second-order valence-corrected chi connectivity index (χ2v) is 7.40. The molecule has 0 radical (unpaired) electrons. The van der Waals surface area contributed by atoms with Crippen LogP contribution in [0.2, 0.25) is 0 Å². The molecule has 2 aromatic carbocycles. The summed E-state index contributed by atoms with van der Waals surface area (Å²) in [5.41, 5.74) is 2.67. The lowest BCUT2D eigenvalue weighted by Gasteiger charge is -2.10. The van der Waals surface area contributed by atoms with Crippen molar-refractivity contribution >= 4 is 34.1 Å². The minimum absolute atomic E-state index is 0.332. The summed E-state index contributed by atoms with van der Waals surface area (Å²) < 4.78 is 5.28. The van der Waals surface area contributed by atoms with Gasteiger partial charge in [0.2, 0.25) is 0 Å². The lowest BCUT2D eigenvalue weighted by molar-refractivity contribution is -0.124. The van der Waals surface area contributed by atoms with E-state index in [0.717, 1.165) is 10.4 Å². The van der Waals surface area contributed by atoms with Gasteiger partial charge in [-0.1, -0.05) is 54.6 Å². The summed E-state index contributed by atoms with van der Waals surface area (Å²) in [5.74, 6) is -0.888. The number of nitrogens with one attached hydrogen (secondary N) is 1. The molecule has 4 aromatic rings. The summed E-state index contributed by atoms with van der Waals surface area (Å²) in [6.07, 6.45) is 0. The SMILES string of the molecule is O=C(COC(=O)c1cc(-c2ccccc2)nc2ccccc12)NCc1cccs1. The van der Waals surface area contributed by atoms with Gasteiger partial charge in [-0.15, -0.1) is 11.3 Å². The van der Waals surface area contributed by atoms with E-state index in [1.54, 1.807) is 17.4 Å². The van der Waals surface area contributed by atoms with Crippen LogP contribution in [0, 0.1) is 0 Å². The molecule has 29 heavy (non-hydrogen) atoms. The molecule has 1 N–H and O–H groups in total. The van der Waals surface area contributed by atoms with Gasteiger partial charge >= 0.3 is 5.97 Å². The number of carbonyl (C=O) groups excluding carboxylic acids is 2. The van der Waals surface area contributed by atoms with E-state index >= 15 is 0 Å². The van der Waals surface area contributed by atoms with Crippen LogP contribution in [0.5, 0.6) is 0 Å². The van der Waals surface area contributed by atoms with Gasteiger partial charge in [0.15, 0.2) is 6.61 Å². The molecule has 0 bridgehead atoms. The quantitative estimate of drug-likeness (QED) is 0.484. The monoisotopic (exact) mass is 402 g/mol. The normalized spacial score (nSPS) is 10.6. The van der Waals surface area contributed by atoms with Crippen LogP contribution in [0.4, 0.5) is 0 Å². The number of esters is 1. The van der Waals surface area contributed by atoms with Gasteiger partial charge in [0.1, 0.15) is 0 Å². The van der Waals surface area contributed by atoms with E-state index in [0.29, 0.717) is 28.7 Å². The molecule has 0 saturated heterocycles. The molecular weight excluding hydrogens is 384 g/mol. The fraction of sp³-hybridized carbons (Fsp3) is 0.0870. The molecule has 2 heterocycles. The molecule has 4 rings (SSSR count). The standard InChI is InChI=1S/C23H18N2O3S/c26-22(24-14-17-9-6-12-29-17)15-28-23(27)19-13-21(16-7-2-1-3-8-16)25-20-11-5-4-10-18(19)20/h1-13H,14-15H2,(H,24,26). The summed E-state index contributed by atoms with van der Waals surface area (Å²) in [4.78, 5) is 30.5. The van der Waals surface area contributed by atoms with Gasteiger partial charge in [-0.05, 0) is 23.6 Å². The largest absolute Gasteiger partial charge is 0.452 e. The highest BCUT2D eigenvalue weighted by Crippen LogP contribution is 2.25. The van der Waals surface area contributed by atoms with Crippen LogP contribution >= 0.6 is 11.3 Å².